The molecule has 0 N–H and O–H groups in total. The first kappa shape index (κ1) is 16.5. The van der Waals surface area contributed by atoms with Gasteiger partial charge in [-0.25, -0.2) is 0 Å². The van der Waals surface area contributed by atoms with E-state index >= 15 is 0 Å². The minimum absolute atomic E-state index is 0.767. The van der Waals surface area contributed by atoms with Crippen LogP contribution in [0.1, 0.15) is 12.5 Å². The summed E-state index contributed by atoms with van der Waals surface area (Å²) in [4.78, 5) is 0. The molecular formula is C21H21O2P. The zero-order chi connectivity index (χ0) is 17.0. The monoisotopic (exact) mass is 336 g/mol. The third kappa shape index (κ3) is 2.79. The Morgan fingerprint density at radius 1 is 0.792 bits per heavy atom. The van der Waals surface area contributed by atoms with Crippen molar-refractivity contribution < 1.29 is 9.30 Å². The molecule has 3 aromatic rings. The van der Waals surface area contributed by atoms with Crippen molar-refractivity contribution in [2.45, 2.75) is 13.3 Å². The quantitative estimate of drug-likeness (QED) is 0.661. The van der Waals surface area contributed by atoms with Crippen LogP contribution in [0, 0.1) is 0 Å². The summed E-state index contributed by atoms with van der Waals surface area (Å²) in [6, 6.07) is 25.3. The normalized spacial score (nSPS) is 11.2. The summed E-state index contributed by atoms with van der Waals surface area (Å²) in [6.07, 6.45) is 0.767. The van der Waals surface area contributed by atoms with Gasteiger partial charge in [0, 0.05) is 21.5 Å². The Kier molecular flexibility index (Phi) is 4.87. The number of hydrogen-bond donors (Lipinski definition) is 0. The average molecular weight is 336 g/mol. The lowest BCUT2D eigenvalue weighted by Gasteiger charge is -2.23. The lowest BCUT2D eigenvalue weighted by atomic mass is 10.1. The number of methoxy groups -OCH3 is 1. The van der Waals surface area contributed by atoms with E-state index in [0.29, 0.717) is 0 Å². The zero-order valence-corrected chi connectivity index (χ0v) is 14.9. The third-order valence-electron chi connectivity index (χ3n) is 4.26. The molecule has 0 fully saturated rings. The molecule has 0 bridgehead atoms. The molecule has 0 aliphatic carbocycles. The van der Waals surface area contributed by atoms with Crippen molar-refractivity contribution in [3.05, 3.63) is 84.4 Å². The molecule has 24 heavy (non-hydrogen) atoms. The topological polar surface area (TPSA) is 26.3 Å². The van der Waals surface area contributed by atoms with Crippen molar-refractivity contribution >= 4 is 23.1 Å². The molecule has 0 aromatic heterocycles. The van der Waals surface area contributed by atoms with Gasteiger partial charge in [-0.05, 0) is 12.5 Å². The molecule has 3 rings (SSSR count). The molecule has 0 spiro atoms. The van der Waals surface area contributed by atoms with Crippen molar-refractivity contribution in [3.8, 4) is 5.75 Å². The van der Waals surface area contributed by atoms with Crippen molar-refractivity contribution in [1.29, 1.82) is 0 Å². The molecule has 0 saturated heterocycles. The van der Waals surface area contributed by atoms with E-state index in [9.17, 15) is 4.57 Å². The van der Waals surface area contributed by atoms with Gasteiger partial charge in [-0.1, -0.05) is 79.7 Å². The smallest absolute Gasteiger partial charge is 0.171 e. The standard InChI is InChI=1S/C21H21O2P/c1-3-19-20(23-2)15-10-16-21(19)24(22,17-11-6-4-7-12-17)18-13-8-5-9-14-18/h4-16H,3H2,1-2H3. The van der Waals surface area contributed by atoms with Crippen LogP contribution in [0.25, 0.3) is 0 Å². The number of hydrogen-bond acceptors (Lipinski definition) is 2. The SMILES string of the molecule is CCc1c(OC)cccc1P(=O)(c1ccccc1)c1ccccc1. The first-order valence-electron chi connectivity index (χ1n) is 8.09. The van der Waals surface area contributed by atoms with Gasteiger partial charge in [-0.3, -0.25) is 0 Å². The molecule has 3 aromatic carbocycles. The van der Waals surface area contributed by atoms with E-state index in [-0.39, 0.29) is 0 Å². The summed E-state index contributed by atoms with van der Waals surface area (Å²) in [5, 5.41) is 2.56. The zero-order valence-electron chi connectivity index (χ0n) is 14.0. The number of rotatable bonds is 5. The molecule has 0 aliphatic heterocycles. The van der Waals surface area contributed by atoms with Crippen LogP contribution in [-0.4, -0.2) is 7.11 Å². The summed E-state index contributed by atoms with van der Waals surface area (Å²) >= 11 is 0. The maximum Gasteiger partial charge on any atom is 0.171 e. The Balaban J connectivity index is 2.35. The fraction of sp³-hybridized carbons (Fsp3) is 0.143. The van der Waals surface area contributed by atoms with Crippen molar-refractivity contribution in [3.63, 3.8) is 0 Å². The van der Waals surface area contributed by atoms with Gasteiger partial charge in [0.25, 0.3) is 0 Å². The molecule has 0 heterocycles. The first-order chi connectivity index (χ1) is 11.7. The van der Waals surface area contributed by atoms with Crippen LogP contribution >= 0.6 is 7.14 Å². The van der Waals surface area contributed by atoms with Gasteiger partial charge in [-0.15, -0.1) is 0 Å². The van der Waals surface area contributed by atoms with Crippen molar-refractivity contribution in [1.82, 2.24) is 0 Å². The van der Waals surface area contributed by atoms with Gasteiger partial charge in [0.15, 0.2) is 7.14 Å². The largest absolute Gasteiger partial charge is 0.496 e. The predicted molar refractivity (Wildman–Crippen MR) is 102 cm³/mol. The van der Waals surface area contributed by atoms with E-state index < -0.39 is 7.14 Å². The molecule has 0 aliphatic rings. The van der Waals surface area contributed by atoms with E-state index in [1.54, 1.807) is 7.11 Å². The van der Waals surface area contributed by atoms with Crippen LogP contribution < -0.4 is 20.7 Å². The van der Waals surface area contributed by atoms with Gasteiger partial charge in [0.05, 0.1) is 7.11 Å². The second-order valence-electron chi connectivity index (χ2n) is 5.59. The highest BCUT2D eigenvalue weighted by atomic mass is 31.2. The molecule has 0 atom stereocenters. The summed E-state index contributed by atoms with van der Waals surface area (Å²) in [7, 11) is -1.29. The van der Waals surface area contributed by atoms with Gasteiger partial charge >= 0.3 is 0 Å². The average Bonchev–Trinajstić information content (AvgIpc) is 2.68. The lowest BCUT2D eigenvalue weighted by molar-refractivity contribution is 0.410. The van der Waals surface area contributed by atoms with E-state index in [1.165, 1.54) is 0 Å². The van der Waals surface area contributed by atoms with Crippen LogP contribution in [0.4, 0.5) is 0 Å². The van der Waals surface area contributed by atoms with Gasteiger partial charge in [0.2, 0.25) is 0 Å². The number of ether oxygens (including phenoxy) is 1. The van der Waals surface area contributed by atoms with Crippen molar-refractivity contribution in [2.75, 3.05) is 7.11 Å². The second kappa shape index (κ2) is 7.07. The van der Waals surface area contributed by atoms with Crippen LogP contribution in [0.5, 0.6) is 5.75 Å². The van der Waals surface area contributed by atoms with Gasteiger partial charge in [0.1, 0.15) is 5.75 Å². The van der Waals surface area contributed by atoms with Crippen LogP contribution in [-0.2, 0) is 11.0 Å². The second-order valence-corrected chi connectivity index (χ2v) is 8.33. The van der Waals surface area contributed by atoms with Crippen LogP contribution in [0.2, 0.25) is 0 Å². The highest BCUT2D eigenvalue weighted by Crippen LogP contribution is 2.44. The van der Waals surface area contributed by atoms with E-state index in [4.69, 9.17) is 4.74 Å². The minimum atomic E-state index is -2.95. The summed E-state index contributed by atoms with van der Waals surface area (Å²) in [5.74, 6) is 0.794. The minimum Gasteiger partial charge on any atom is -0.496 e. The third-order valence-corrected chi connectivity index (χ3v) is 7.41. The maximum atomic E-state index is 14.4. The predicted octanol–water partition coefficient (Wildman–Crippen LogP) is 3.90. The van der Waals surface area contributed by atoms with E-state index in [1.807, 2.05) is 78.9 Å². The van der Waals surface area contributed by atoms with Gasteiger partial charge in [-0.2, -0.15) is 0 Å². The molecule has 0 amide bonds. The summed E-state index contributed by atoms with van der Waals surface area (Å²) < 4.78 is 19.9. The fourth-order valence-corrected chi connectivity index (χ4v) is 6.08. The van der Waals surface area contributed by atoms with E-state index in [2.05, 4.69) is 6.92 Å². The molecule has 0 saturated carbocycles. The number of benzene rings is 3. The highest BCUT2D eigenvalue weighted by molar-refractivity contribution is 7.85. The maximum absolute atomic E-state index is 14.4. The molecule has 3 heteroatoms. The Morgan fingerprint density at radius 3 is 1.79 bits per heavy atom. The molecule has 122 valence electrons. The lowest BCUT2D eigenvalue weighted by Crippen LogP contribution is -2.27. The van der Waals surface area contributed by atoms with Crippen LogP contribution in [0.3, 0.4) is 0 Å². The Bertz CT molecular complexity index is 814. The first-order valence-corrected chi connectivity index (χ1v) is 9.80. The molecule has 0 unspecified atom stereocenters. The Hall–Kier alpha value is -2.31. The summed E-state index contributed by atoms with van der Waals surface area (Å²) in [6.45, 7) is 2.07. The fourth-order valence-electron chi connectivity index (χ4n) is 3.10. The Morgan fingerprint density at radius 2 is 1.33 bits per heavy atom. The molecular weight excluding hydrogens is 315 g/mol. The summed E-state index contributed by atoms with van der Waals surface area (Å²) in [5.41, 5.74) is 1.01. The van der Waals surface area contributed by atoms with Crippen LogP contribution in [0.15, 0.2) is 78.9 Å². The van der Waals surface area contributed by atoms with E-state index in [0.717, 1.165) is 33.6 Å². The Labute approximate surface area is 143 Å². The highest BCUT2D eigenvalue weighted by Gasteiger charge is 2.32. The molecule has 0 radical (unpaired) electrons. The van der Waals surface area contributed by atoms with Gasteiger partial charge < -0.3 is 9.30 Å². The van der Waals surface area contributed by atoms with Crippen molar-refractivity contribution in [2.24, 2.45) is 0 Å². The molecule has 2 nitrogen and oxygen atoms in total.